The van der Waals surface area contributed by atoms with Gasteiger partial charge in [0, 0.05) is 11.9 Å². The highest BCUT2D eigenvalue weighted by Crippen LogP contribution is 2.16. The van der Waals surface area contributed by atoms with Crippen LogP contribution in [0.1, 0.15) is 16.1 Å². The molecule has 0 amide bonds. The molecule has 1 aromatic rings. The second-order valence-corrected chi connectivity index (χ2v) is 2.83. The van der Waals surface area contributed by atoms with E-state index in [1.54, 1.807) is 13.0 Å². The van der Waals surface area contributed by atoms with E-state index in [4.69, 9.17) is 23.2 Å². The van der Waals surface area contributed by atoms with Crippen molar-refractivity contribution in [3.63, 3.8) is 0 Å². The Labute approximate surface area is 74.1 Å². The topological polar surface area (TPSA) is 30.0 Å². The van der Waals surface area contributed by atoms with Crippen molar-refractivity contribution in [2.24, 2.45) is 0 Å². The Morgan fingerprint density at radius 3 is 2.73 bits per heavy atom. The van der Waals surface area contributed by atoms with Gasteiger partial charge in [0.1, 0.15) is 0 Å². The number of hydrogen-bond donors (Lipinski definition) is 0. The Hall–Kier alpha value is -0.600. The molecule has 0 aliphatic rings. The van der Waals surface area contributed by atoms with Crippen LogP contribution in [0.2, 0.25) is 5.02 Å². The quantitative estimate of drug-likeness (QED) is 0.636. The minimum absolute atomic E-state index is 0.288. The van der Waals surface area contributed by atoms with Gasteiger partial charge in [-0.1, -0.05) is 11.6 Å². The normalized spacial score (nSPS) is 9.73. The average Bonchev–Trinajstić information content (AvgIpc) is 1.94. The van der Waals surface area contributed by atoms with E-state index >= 15 is 0 Å². The number of pyridine rings is 1. The van der Waals surface area contributed by atoms with Crippen LogP contribution in [0.15, 0.2) is 12.3 Å². The molecule has 0 atom stereocenters. The Balaban J connectivity index is 3.23. The highest BCUT2D eigenvalue weighted by Gasteiger charge is 2.07. The summed E-state index contributed by atoms with van der Waals surface area (Å²) in [6.45, 7) is 1.76. The monoisotopic (exact) mass is 189 g/mol. The Bertz CT molecular complexity index is 298. The molecule has 58 valence electrons. The molecule has 1 heterocycles. The van der Waals surface area contributed by atoms with E-state index in [0.29, 0.717) is 5.56 Å². The van der Waals surface area contributed by atoms with Crippen LogP contribution in [0.3, 0.4) is 0 Å². The zero-order valence-electron chi connectivity index (χ0n) is 5.77. The number of aryl methyl sites for hydroxylation is 1. The van der Waals surface area contributed by atoms with Crippen molar-refractivity contribution < 1.29 is 4.79 Å². The summed E-state index contributed by atoms with van der Waals surface area (Å²) in [7, 11) is 0. The molecule has 0 aliphatic carbocycles. The summed E-state index contributed by atoms with van der Waals surface area (Å²) < 4.78 is 0. The SMILES string of the molecule is Cc1cc(C(=O)Cl)c(Cl)cn1. The number of halogens is 2. The van der Waals surface area contributed by atoms with Gasteiger partial charge in [-0.3, -0.25) is 9.78 Å². The number of aromatic nitrogens is 1. The largest absolute Gasteiger partial charge is 0.276 e. The third kappa shape index (κ3) is 1.91. The first-order valence-electron chi connectivity index (χ1n) is 2.93. The van der Waals surface area contributed by atoms with Gasteiger partial charge in [-0.25, -0.2) is 0 Å². The molecule has 0 saturated heterocycles. The van der Waals surface area contributed by atoms with E-state index in [0.717, 1.165) is 5.69 Å². The molecule has 1 rings (SSSR count). The van der Waals surface area contributed by atoms with Crippen LogP contribution in [0.25, 0.3) is 0 Å². The lowest BCUT2D eigenvalue weighted by Crippen LogP contribution is -1.92. The Kier molecular flexibility index (Phi) is 2.47. The van der Waals surface area contributed by atoms with Crippen molar-refractivity contribution >= 4 is 28.4 Å². The summed E-state index contributed by atoms with van der Waals surface area (Å²) in [5, 5.41) is -0.267. The molecule has 0 aliphatic heterocycles. The lowest BCUT2D eigenvalue weighted by atomic mass is 10.2. The van der Waals surface area contributed by atoms with Crippen molar-refractivity contribution in [2.75, 3.05) is 0 Å². The number of carbonyl (C=O) groups is 1. The first-order valence-corrected chi connectivity index (χ1v) is 3.69. The summed E-state index contributed by atoms with van der Waals surface area (Å²) >= 11 is 10.9. The van der Waals surface area contributed by atoms with Crippen LogP contribution in [0.4, 0.5) is 0 Å². The zero-order chi connectivity index (χ0) is 8.43. The highest BCUT2D eigenvalue weighted by atomic mass is 35.5. The molecule has 0 spiro atoms. The van der Waals surface area contributed by atoms with Crippen molar-refractivity contribution in [3.8, 4) is 0 Å². The smallest absolute Gasteiger partial charge is 0.254 e. The molecule has 0 bridgehead atoms. The van der Waals surface area contributed by atoms with Crippen LogP contribution in [0, 0.1) is 6.92 Å². The molecule has 0 N–H and O–H groups in total. The summed E-state index contributed by atoms with van der Waals surface area (Å²) in [5.74, 6) is 0. The fraction of sp³-hybridized carbons (Fsp3) is 0.143. The third-order valence-electron chi connectivity index (χ3n) is 1.20. The summed E-state index contributed by atoms with van der Waals surface area (Å²) in [4.78, 5) is 14.6. The molecule has 4 heteroatoms. The van der Waals surface area contributed by atoms with E-state index in [1.807, 2.05) is 0 Å². The predicted octanol–water partition coefficient (Wildman–Crippen LogP) is 2.42. The second-order valence-electron chi connectivity index (χ2n) is 2.08. The van der Waals surface area contributed by atoms with Gasteiger partial charge >= 0.3 is 0 Å². The van der Waals surface area contributed by atoms with Gasteiger partial charge < -0.3 is 0 Å². The van der Waals surface area contributed by atoms with Crippen LogP contribution in [-0.2, 0) is 0 Å². The van der Waals surface area contributed by atoms with Gasteiger partial charge in [-0.15, -0.1) is 0 Å². The minimum Gasteiger partial charge on any atom is -0.276 e. The summed E-state index contributed by atoms with van der Waals surface area (Å²) in [6.07, 6.45) is 1.41. The highest BCUT2D eigenvalue weighted by molar-refractivity contribution is 6.68. The number of rotatable bonds is 1. The Morgan fingerprint density at radius 2 is 2.27 bits per heavy atom. The molecular formula is C7H5Cl2NO. The molecule has 2 nitrogen and oxygen atoms in total. The number of hydrogen-bond acceptors (Lipinski definition) is 2. The van der Waals surface area contributed by atoms with Crippen LogP contribution >= 0.6 is 23.2 Å². The van der Waals surface area contributed by atoms with Crippen LogP contribution < -0.4 is 0 Å². The minimum atomic E-state index is -0.555. The maximum absolute atomic E-state index is 10.7. The third-order valence-corrected chi connectivity index (χ3v) is 1.71. The fourth-order valence-electron chi connectivity index (χ4n) is 0.694. The molecule has 11 heavy (non-hydrogen) atoms. The molecule has 1 aromatic heterocycles. The summed E-state index contributed by atoms with van der Waals surface area (Å²) in [6, 6.07) is 1.55. The van der Waals surface area contributed by atoms with Gasteiger partial charge in [0.2, 0.25) is 0 Å². The van der Waals surface area contributed by atoms with Crippen LogP contribution in [-0.4, -0.2) is 10.2 Å². The van der Waals surface area contributed by atoms with E-state index in [1.165, 1.54) is 6.20 Å². The van der Waals surface area contributed by atoms with Crippen molar-refractivity contribution in [1.82, 2.24) is 4.98 Å². The lowest BCUT2D eigenvalue weighted by molar-refractivity contribution is 0.108. The maximum Gasteiger partial charge on any atom is 0.254 e. The predicted molar refractivity (Wildman–Crippen MR) is 44.2 cm³/mol. The zero-order valence-corrected chi connectivity index (χ0v) is 7.28. The molecule has 0 aromatic carbocycles. The molecular weight excluding hydrogens is 185 g/mol. The number of carbonyl (C=O) groups excluding carboxylic acids is 1. The van der Waals surface area contributed by atoms with Gasteiger partial charge in [0.25, 0.3) is 5.24 Å². The van der Waals surface area contributed by atoms with E-state index in [2.05, 4.69) is 4.98 Å². The van der Waals surface area contributed by atoms with Crippen molar-refractivity contribution in [3.05, 3.63) is 28.5 Å². The molecule has 0 unspecified atom stereocenters. The van der Waals surface area contributed by atoms with Gasteiger partial charge in [0.15, 0.2) is 0 Å². The van der Waals surface area contributed by atoms with Gasteiger partial charge in [-0.05, 0) is 24.6 Å². The van der Waals surface area contributed by atoms with Crippen molar-refractivity contribution in [2.45, 2.75) is 6.92 Å². The lowest BCUT2D eigenvalue weighted by Gasteiger charge is -1.97. The van der Waals surface area contributed by atoms with Gasteiger partial charge in [0.05, 0.1) is 10.6 Å². The van der Waals surface area contributed by atoms with E-state index < -0.39 is 5.24 Å². The fourth-order valence-corrected chi connectivity index (χ4v) is 1.09. The van der Waals surface area contributed by atoms with E-state index in [9.17, 15) is 4.79 Å². The molecule has 0 radical (unpaired) electrons. The summed E-state index contributed by atoms with van der Waals surface area (Å²) in [5.41, 5.74) is 1.03. The first-order chi connectivity index (χ1) is 5.11. The van der Waals surface area contributed by atoms with Crippen LogP contribution in [0.5, 0.6) is 0 Å². The molecule has 0 saturated carbocycles. The standard InChI is InChI=1S/C7H5Cl2NO/c1-4-2-5(7(9)11)6(8)3-10-4/h2-3H,1H3. The van der Waals surface area contributed by atoms with E-state index in [-0.39, 0.29) is 5.02 Å². The average molecular weight is 190 g/mol. The first kappa shape index (κ1) is 8.50. The van der Waals surface area contributed by atoms with Gasteiger partial charge in [-0.2, -0.15) is 0 Å². The van der Waals surface area contributed by atoms with Crippen molar-refractivity contribution in [1.29, 1.82) is 0 Å². The maximum atomic E-state index is 10.7. The molecule has 0 fully saturated rings. The second kappa shape index (κ2) is 3.20. The number of nitrogens with zero attached hydrogens (tertiary/aromatic N) is 1. The Morgan fingerprint density at radius 1 is 1.64 bits per heavy atom.